The predicted octanol–water partition coefficient (Wildman–Crippen LogP) is 7.17. The number of esters is 1. The largest absolute Gasteiger partial charge is 0.497 e. The van der Waals surface area contributed by atoms with E-state index in [4.69, 9.17) is 14.2 Å². The van der Waals surface area contributed by atoms with Crippen LogP contribution >= 0.6 is 0 Å². The minimum absolute atomic E-state index is 0.0909. The molecule has 1 aliphatic rings. The van der Waals surface area contributed by atoms with Crippen LogP contribution in [0.2, 0.25) is 0 Å². The fraction of sp³-hybridized carbons (Fsp3) is 0.276. The van der Waals surface area contributed by atoms with Crippen molar-refractivity contribution >= 4 is 11.5 Å². The van der Waals surface area contributed by atoms with Gasteiger partial charge in [-0.05, 0) is 71.9 Å². The van der Waals surface area contributed by atoms with E-state index >= 15 is 0 Å². The van der Waals surface area contributed by atoms with Gasteiger partial charge in [-0.1, -0.05) is 50.2 Å². The number of fused-ring (bicyclic) bond motifs is 1. The smallest absolute Gasteiger partial charge is 0.330 e. The Kier molecular flexibility index (Phi) is 8.47. The molecule has 0 saturated carbocycles. The van der Waals surface area contributed by atoms with Gasteiger partial charge in [-0.15, -0.1) is 0 Å². The molecule has 5 heteroatoms. The molecule has 0 radical (unpaired) electrons. The number of halogens is 1. The summed E-state index contributed by atoms with van der Waals surface area (Å²) in [5.41, 5.74) is 5.20. The van der Waals surface area contributed by atoms with Crippen LogP contribution in [0.5, 0.6) is 11.5 Å². The molecule has 34 heavy (non-hydrogen) atoms. The lowest BCUT2D eigenvalue weighted by molar-refractivity contribution is -0.134. The second kappa shape index (κ2) is 11.5. The van der Waals surface area contributed by atoms with Crippen molar-refractivity contribution in [2.75, 3.05) is 14.2 Å². The normalized spacial score (nSPS) is 14.8. The fourth-order valence-electron chi connectivity index (χ4n) is 3.90. The van der Waals surface area contributed by atoms with Crippen molar-refractivity contribution in [2.24, 2.45) is 0 Å². The first-order valence-electron chi connectivity index (χ1n) is 11.5. The van der Waals surface area contributed by atoms with Crippen LogP contribution < -0.4 is 9.47 Å². The van der Waals surface area contributed by atoms with Crippen molar-refractivity contribution in [1.82, 2.24) is 0 Å². The van der Waals surface area contributed by atoms with Crippen LogP contribution in [0.3, 0.4) is 0 Å². The van der Waals surface area contributed by atoms with E-state index in [1.54, 1.807) is 19.2 Å². The lowest BCUT2D eigenvalue weighted by Crippen LogP contribution is -2.15. The van der Waals surface area contributed by atoms with Crippen molar-refractivity contribution in [2.45, 2.75) is 39.7 Å². The first-order chi connectivity index (χ1) is 16.5. The second-order valence-electron chi connectivity index (χ2n) is 7.79. The number of benzene rings is 3. The SMILES string of the molecule is CC.COC(=O)/C=C(\C)c1ccc2c(c1)OC(c1ccc(-c3cc(OC)ccc3F)cc1)CC2. The van der Waals surface area contributed by atoms with Gasteiger partial charge in [0.15, 0.2) is 0 Å². The van der Waals surface area contributed by atoms with Gasteiger partial charge in [0.05, 0.1) is 14.2 Å². The van der Waals surface area contributed by atoms with Crippen LogP contribution in [0.15, 0.2) is 66.7 Å². The van der Waals surface area contributed by atoms with E-state index in [9.17, 15) is 9.18 Å². The Morgan fingerprint density at radius 3 is 2.44 bits per heavy atom. The molecular formula is C29H31FO4. The monoisotopic (exact) mass is 462 g/mol. The van der Waals surface area contributed by atoms with Crippen molar-refractivity contribution < 1.29 is 23.4 Å². The molecule has 4 rings (SSSR count). The summed E-state index contributed by atoms with van der Waals surface area (Å²) in [4.78, 5) is 11.5. The Hall–Kier alpha value is -3.60. The molecule has 1 aliphatic heterocycles. The fourth-order valence-corrected chi connectivity index (χ4v) is 3.90. The molecule has 3 aromatic carbocycles. The maximum Gasteiger partial charge on any atom is 0.330 e. The molecule has 0 saturated heterocycles. The molecule has 1 unspecified atom stereocenters. The molecule has 0 N–H and O–H groups in total. The highest BCUT2D eigenvalue weighted by molar-refractivity contribution is 5.91. The van der Waals surface area contributed by atoms with Gasteiger partial charge in [0.25, 0.3) is 0 Å². The second-order valence-corrected chi connectivity index (χ2v) is 7.79. The van der Waals surface area contributed by atoms with Crippen molar-refractivity contribution in [3.05, 3.63) is 89.2 Å². The standard InChI is InChI=1S/C27H25FO4.C2H6/c1-17(14-27(29)31-3)21-9-8-20-10-13-25(32-26(20)15-21)19-6-4-18(5-7-19)23-16-22(30-2)11-12-24(23)28;1-2/h4-9,11-12,14-16,25H,10,13H2,1-3H3;1-2H3/b17-14+;. The number of hydrogen-bond donors (Lipinski definition) is 0. The lowest BCUT2D eigenvalue weighted by Gasteiger charge is -2.27. The summed E-state index contributed by atoms with van der Waals surface area (Å²) in [5.74, 6) is 0.764. The third kappa shape index (κ3) is 5.66. The highest BCUT2D eigenvalue weighted by Gasteiger charge is 2.22. The average molecular weight is 463 g/mol. The summed E-state index contributed by atoms with van der Waals surface area (Å²) in [6.07, 6.45) is 3.13. The van der Waals surface area contributed by atoms with E-state index in [-0.39, 0.29) is 17.9 Å². The molecule has 3 aromatic rings. The highest BCUT2D eigenvalue weighted by atomic mass is 19.1. The van der Waals surface area contributed by atoms with Crippen LogP contribution in [0.1, 0.15) is 50.0 Å². The Morgan fingerprint density at radius 1 is 1.03 bits per heavy atom. The summed E-state index contributed by atoms with van der Waals surface area (Å²) in [6.45, 7) is 5.87. The summed E-state index contributed by atoms with van der Waals surface area (Å²) >= 11 is 0. The topological polar surface area (TPSA) is 44.8 Å². The molecule has 0 spiro atoms. The summed E-state index contributed by atoms with van der Waals surface area (Å²) in [5, 5.41) is 0. The van der Waals surface area contributed by atoms with Gasteiger partial charge in [-0.3, -0.25) is 0 Å². The van der Waals surface area contributed by atoms with Crippen LogP contribution in [-0.2, 0) is 16.0 Å². The van der Waals surface area contributed by atoms with Gasteiger partial charge >= 0.3 is 5.97 Å². The van der Waals surface area contributed by atoms with Gasteiger partial charge in [-0.25, -0.2) is 9.18 Å². The van der Waals surface area contributed by atoms with E-state index < -0.39 is 0 Å². The maximum atomic E-state index is 14.3. The number of allylic oxidation sites excluding steroid dienone is 1. The van der Waals surface area contributed by atoms with Gasteiger partial charge < -0.3 is 14.2 Å². The quantitative estimate of drug-likeness (QED) is 0.298. The minimum Gasteiger partial charge on any atom is -0.497 e. The zero-order valence-corrected chi connectivity index (χ0v) is 20.4. The first kappa shape index (κ1) is 25.0. The van der Waals surface area contributed by atoms with E-state index in [0.29, 0.717) is 11.3 Å². The number of ether oxygens (including phenoxy) is 3. The average Bonchev–Trinajstić information content (AvgIpc) is 2.89. The lowest BCUT2D eigenvalue weighted by atomic mass is 9.94. The summed E-state index contributed by atoms with van der Waals surface area (Å²) in [6, 6.07) is 18.5. The number of aryl methyl sites for hydroxylation is 1. The molecule has 0 fully saturated rings. The zero-order valence-electron chi connectivity index (χ0n) is 20.4. The van der Waals surface area contributed by atoms with Crippen LogP contribution in [-0.4, -0.2) is 20.2 Å². The zero-order chi connectivity index (χ0) is 24.7. The third-order valence-electron chi connectivity index (χ3n) is 5.77. The molecule has 178 valence electrons. The number of carbonyl (C=O) groups excluding carboxylic acids is 1. The number of hydrogen-bond acceptors (Lipinski definition) is 4. The van der Waals surface area contributed by atoms with Crippen LogP contribution in [0, 0.1) is 5.82 Å². The van der Waals surface area contributed by atoms with Crippen molar-refractivity contribution in [3.63, 3.8) is 0 Å². The summed E-state index contributed by atoms with van der Waals surface area (Å²) in [7, 11) is 2.93. The minimum atomic E-state index is -0.383. The Balaban J connectivity index is 0.00000158. The Morgan fingerprint density at radius 2 is 1.76 bits per heavy atom. The summed E-state index contributed by atoms with van der Waals surface area (Å²) < 4.78 is 30.5. The van der Waals surface area contributed by atoms with Gasteiger partial charge in [-0.2, -0.15) is 0 Å². The van der Waals surface area contributed by atoms with Gasteiger partial charge in [0.1, 0.15) is 23.4 Å². The van der Waals surface area contributed by atoms with E-state index in [2.05, 4.69) is 0 Å². The Labute approximate surface area is 201 Å². The molecule has 4 nitrogen and oxygen atoms in total. The molecule has 0 amide bonds. The van der Waals surface area contributed by atoms with Crippen molar-refractivity contribution in [1.29, 1.82) is 0 Å². The molecule has 1 heterocycles. The first-order valence-corrected chi connectivity index (χ1v) is 11.5. The molecule has 1 atom stereocenters. The van der Waals surface area contributed by atoms with E-state index in [0.717, 1.165) is 46.4 Å². The maximum absolute atomic E-state index is 14.3. The van der Waals surface area contributed by atoms with Gasteiger partial charge in [0.2, 0.25) is 0 Å². The number of rotatable bonds is 5. The van der Waals surface area contributed by atoms with Crippen LogP contribution in [0.25, 0.3) is 16.7 Å². The molecule has 0 aromatic heterocycles. The molecule has 0 bridgehead atoms. The predicted molar refractivity (Wildman–Crippen MR) is 134 cm³/mol. The van der Waals surface area contributed by atoms with Gasteiger partial charge in [0, 0.05) is 11.6 Å². The Bertz CT molecular complexity index is 1170. The van der Waals surface area contributed by atoms with Crippen LogP contribution in [0.4, 0.5) is 4.39 Å². The molecular weight excluding hydrogens is 431 g/mol. The number of carbonyl (C=O) groups is 1. The van der Waals surface area contributed by atoms with E-state index in [1.165, 1.54) is 19.3 Å². The molecule has 0 aliphatic carbocycles. The van der Waals surface area contributed by atoms with E-state index in [1.807, 2.05) is 63.2 Å². The van der Waals surface area contributed by atoms with Crippen molar-refractivity contribution in [3.8, 4) is 22.6 Å². The number of methoxy groups -OCH3 is 2. The third-order valence-corrected chi connectivity index (χ3v) is 5.77. The highest BCUT2D eigenvalue weighted by Crippen LogP contribution is 2.37.